The van der Waals surface area contributed by atoms with Crippen LogP contribution < -0.4 is 0 Å². The largest absolute Gasteiger partial charge is 0.391 e. The minimum atomic E-state index is -0.273. The third kappa shape index (κ3) is 3.77. The van der Waals surface area contributed by atoms with E-state index in [0.717, 1.165) is 10.9 Å². The van der Waals surface area contributed by atoms with Crippen molar-refractivity contribution in [1.82, 2.24) is 4.90 Å². The van der Waals surface area contributed by atoms with Gasteiger partial charge in [0.1, 0.15) is 0 Å². The lowest BCUT2D eigenvalue weighted by Gasteiger charge is -2.15. The Bertz CT molecular complexity index is 262. The Morgan fingerprint density at radius 2 is 2.31 bits per heavy atom. The van der Waals surface area contributed by atoms with Crippen LogP contribution in [0.3, 0.4) is 0 Å². The molecule has 0 aliphatic heterocycles. The summed E-state index contributed by atoms with van der Waals surface area (Å²) >= 11 is 5.13. The molecule has 0 aromatic carbocycles. The summed E-state index contributed by atoms with van der Waals surface area (Å²) < 4.78 is 1.11. The third-order valence-corrected chi connectivity index (χ3v) is 3.64. The number of likely N-dealkylation sites (N-methyl/N-ethyl adjacent to an activating group) is 1. The molecule has 1 N–H and O–H groups in total. The second-order valence-corrected chi connectivity index (χ2v) is 5.17. The molecule has 1 atom stereocenters. The van der Waals surface area contributed by atoms with Gasteiger partial charge in [-0.2, -0.15) is 0 Å². The van der Waals surface area contributed by atoms with Crippen molar-refractivity contribution in [2.45, 2.75) is 12.5 Å². The van der Waals surface area contributed by atoms with Crippen molar-refractivity contribution in [3.8, 4) is 0 Å². The van der Waals surface area contributed by atoms with Gasteiger partial charge in [0.15, 0.2) is 0 Å². The lowest BCUT2D eigenvalue weighted by Crippen LogP contribution is -2.27. The molecule has 0 saturated carbocycles. The van der Waals surface area contributed by atoms with Gasteiger partial charge >= 0.3 is 0 Å². The molecule has 1 heterocycles. The van der Waals surface area contributed by atoms with Gasteiger partial charge in [-0.25, -0.2) is 0 Å². The standard InChI is InChI=1S/C9H14BrNOS/c1-11(2)6-7(12)5-9-8(10)3-4-13-9/h3-4,7,12H,5-6H2,1-2H3. The first-order valence-corrected chi connectivity index (χ1v) is 5.81. The highest BCUT2D eigenvalue weighted by Gasteiger charge is 2.09. The molecule has 0 bridgehead atoms. The van der Waals surface area contributed by atoms with Gasteiger partial charge < -0.3 is 10.0 Å². The number of hydrogen-bond acceptors (Lipinski definition) is 3. The Hall–Kier alpha value is 0.100. The van der Waals surface area contributed by atoms with Crippen LogP contribution in [0.2, 0.25) is 0 Å². The molecule has 0 spiro atoms. The topological polar surface area (TPSA) is 23.5 Å². The average Bonchev–Trinajstić information content (AvgIpc) is 2.34. The Labute approximate surface area is 91.3 Å². The highest BCUT2D eigenvalue weighted by molar-refractivity contribution is 9.10. The highest BCUT2D eigenvalue weighted by Crippen LogP contribution is 2.23. The summed E-state index contributed by atoms with van der Waals surface area (Å²) in [5.74, 6) is 0. The molecule has 1 unspecified atom stereocenters. The fourth-order valence-electron chi connectivity index (χ4n) is 1.17. The van der Waals surface area contributed by atoms with Crippen LogP contribution in [0.4, 0.5) is 0 Å². The summed E-state index contributed by atoms with van der Waals surface area (Å²) in [6.07, 6.45) is 0.459. The molecular weight excluding hydrogens is 250 g/mol. The molecule has 0 fully saturated rings. The van der Waals surface area contributed by atoms with Crippen LogP contribution in [0.25, 0.3) is 0 Å². The Balaban J connectivity index is 2.45. The van der Waals surface area contributed by atoms with E-state index < -0.39 is 0 Å². The number of nitrogens with zero attached hydrogens (tertiary/aromatic N) is 1. The molecule has 1 rings (SSSR count). The summed E-state index contributed by atoms with van der Waals surface area (Å²) in [4.78, 5) is 3.21. The number of thiophene rings is 1. The quantitative estimate of drug-likeness (QED) is 0.898. The summed E-state index contributed by atoms with van der Waals surface area (Å²) in [7, 11) is 3.93. The summed E-state index contributed by atoms with van der Waals surface area (Å²) in [5, 5.41) is 11.7. The molecule has 0 aliphatic rings. The minimum absolute atomic E-state index is 0.273. The Morgan fingerprint density at radius 3 is 2.77 bits per heavy atom. The van der Waals surface area contributed by atoms with Crippen LogP contribution in [0.15, 0.2) is 15.9 Å². The van der Waals surface area contributed by atoms with Crippen LogP contribution >= 0.6 is 27.3 Å². The maximum absolute atomic E-state index is 9.66. The predicted octanol–water partition coefficient (Wildman–Crippen LogP) is 1.98. The van der Waals surface area contributed by atoms with E-state index in [0.29, 0.717) is 6.54 Å². The molecule has 1 aromatic heterocycles. The van der Waals surface area contributed by atoms with E-state index in [1.807, 2.05) is 30.4 Å². The van der Waals surface area contributed by atoms with Crippen molar-refractivity contribution in [3.05, 3.63) is 20.8 Å². The molecular formula is C9H14BrNOS. The van der Waals surface area contributed by atoms with Crippen molar-refractivity contribution in [2.24, 2.45) is 0 Å². The number of aliphatic hydroxyl groups excluding tert-OH is 1. The molecule has 1 aromatic rings. The van der Waals surface area contributed by atoms with Gasteiger partial charge in [0.2, 0.25) is 0 Å². The number of aliphatic hydroxyl groups is 1. The van der Waals surface area contributed by atoms with Crippen LogP contribution in [-0.2, 0) is 6.42 Å². The van der Waals surface area contributed by atoms with E-state index in [4.69, 9.17) is 0 Å². The molecule has 2 nitrogen and oxygen atoms in total. The van der Waals surface area contributed by atoms with E-state index in [2.05, 4.69) is 15.9 Å². The van der Waals surface area contributed by atoms with Crippen LogP contribution in [-0.4, -0.2) is 36.8 Å². The fourth-order valence-corrected chi connectivity index (χ4v) is 2.76. The minimum Gasteiger partial charge on any atom is -0.391 e. The smallest absolute Gasteiger partial charge is 0.0715 e. The van der Waals surface area contributed by atoms with Crippen molar-refractivity contribution >= 4 is 27.3 Å². The number of halogens is 1. The molecule has 0 aliphatic carbocycles. The van der Waals surface area contributed by atoms with Crippen LogP contribution in [0, 0.1) is 0 Å². The first-order valence-electron chi connectivity index (χ1n) is 4.14. The predicted molar refractivity (Wildman–Crippen MR) is 60.3 cm³/mol. The van der Waals surface area contributed by atoms with E-state index in [9.17, 15) is 5.11 Å². The fraction of sp³-hybridized carbons (Fsp3) is 0.556. The zero-order valence-corrected chi connectivity index (χ0v) is 10.2. The second-order valence-electron chi connectivity index (χ2n) is 3.31. The molecule has 13 heavy (non-hydrogen) atoms. The summed E-state index contributed by atoms with van der Waals surface area (Å²) in [6.45, 7) is 0.713. The van der Waals surface area contributed by atoms with Gasteiger partial charge in [-0.3, -0.25) is 0 Å². The number of rotatable bonds is 4. The third-order valence-electron chi connectivity index (χ3n) is 1.69. The van der Waals surface area contributed by atoms with E-state index in [1.54, 1.807) is 11.3 Å². The molecule has 0 amide bonds. The van der Waals surface area contributed by atoms with Gasteiger partial charge in [0.05, 0.1) is 6.10 Å². The Morgan fingerprint density at radius 1 is 1.62 bits per heavy atom. The van der Waals surface area contributed by atoms with E-state index in [-0.39, 0.29) is 6.10 Å². The molecule has 0 radical (unpaired) electrons. The highest BCUT2D eigenvalue weighted by atomic mass is 79.9. The second kappa shape index (κ2) is 5.10. The molecule has 4 heteroatoms. The van der Waals surface area contributed by atoms with Crippen molar-refractivity contribution in [3.63, 3.8) is 0 Å². The maximum atomic E-state index is 9.66. The Kier molecular flexibility index (Phi) is 4.38. The number of hydrogen-bond donors (Lipinski definition) is 1. The normalized spacial score (nSPS) is 13.6. The zero-order valence-electron chi connectivity index (χ0n) is 7.83. The lowest BCUT2D eigenvalue weighted by molar-refractivity contribution is 0.137. The molecule has 0 saturated heterocycles. The molecule has 74 valence electrons. The maximum Gasteiger partial charge on any atom is 0.0715 e. The van der Waals surface area contributed by atoms with Gasteiger partial charge in [0, 0.05) is 22.3 Å². The van der Waals surface area contributed by atoms with Gasteiger partial charge in [0.25, 0.3) is 0 Å². The van der Waals surface area contributed by atoms with Gasteiger partial charge in [-0.05, 0) is 41.5 Å². The zero-order chi connectivity index (χ0) is 9.84. The summed E-state index contributed by atoms with van der Waals surface area (Å²) in [6, 6.07) is 2.02. The monoisotopic (exact) mass is 263 g/mol. The summed E-state index contributed by atoms with van der Waals surface area (Å²) in [5.41, 5.74) is 0. The lowest BCUT2D eigenvalue weighted by atomic mass is 10.2. The van der Waals surface area contributed by atoms with Crippen molar-refractivity contribution in [1.29, 1.82) is 0 Å². The average molecular weight is 264 g/mol. The van der Waals surface area contributed by atoms with Crippen molar-refractivity contribution < 1.29 is 5.11 Å². The first kappa shape index (κ1) is 11.2. The van der Waals surface area contributed by atoms with E-state index >= 15 is 0 Å². The van der Waals surface area contributed by atoms with Crippen LogP contribution in [0.5, 0.6) is 0 Å². The first-order chi connectivity index (χ1) is 6.09. The van der Waals surface area contributed by atoms with Crippen molar-refractivity contribution in [2.75, 3.05) is 20.6 Å². The van der Waals surface area contributed by atoms with Gasteiger partial charge in [-0.1, -0.05) is 0 Å². The van der Waals surface area contributed by atoms with Gasteiger partial charge in [-0.15, -0.1) is 11.3 Å². The van der Waals surface area contributed by atoms with Crippen LogP contribution in [0.1, 0.15) is 4.88 Å². The SMILES string of the molecule is CN(C)CC(O)Cc1sccc1Br. The van der Waals surface area contributed by atoms with E-state index in [1.165, 1.54) is 4.88 Å².